The summed E-state index contributed by atoms with van der Waals surface area (Å²) >= 11 is 1.75. The number of aromatic nitrogens is 2. The molecular formula is C9H15N3S. The molecule has 0 amide bonds. The second-order valence-corrected chi connectivity index (χ2v) is 4.82. The van der Waals surface area contributed by atoms with Gasteiger partial charge in [-0.05, 0) is 19.4 Å². The van der Waals surface area contributed by atoms with E-state index in [1.165, 1.54) is 17.8 Å². The Bertz CT molecular complexity index is 276. The molecule has 1 unspecified atom stereocenters. The summed E-state index contributed by atoms with van der Waals surface area (Å²) in [5, 5.41) is 14.2. The Morgan fingerprint density at radius 3 is 2.85 bits per heavy atom. The molecule has 0 spiro atoms. The Hall–Kier alpha value is -0.480. The first-order valence-corrected chi connectivity index (χ1v) is 5.65. The van der Waals surface area contributed by atoms with Crippen molar-refractivity contribution in [2.24, 2.45) is 0 Å². The fraction of sp³-hybridized carbons (Fsp3) is 0.778. The van der Waals surface area contributed by atoms with Crippen molar-refractivity contribution in [3.8, 4) is 0 Å². The van der Waals surface area contributed by atoms with E-state index in [0.29, 0.717) is 12.0 Å². The molecule has 4 heteroatoms. The van der Waals surface area contributed by atoms with E-state index in [0.717, 1.165) is 11.6 Å². The second kappa shape index (κ2) is 3.72. The summed E-state index contributed by atoms with van der Waals surface area (Å²) in [7, 11) is 0. The highest BCUT2D eigenvalue weighted by Crippen LogP contribution is 2.28. The number of rotatable bonds is 2. The number of hydrogen-bond donors (Lipinski definition) is 1. The molecule has 1 aromatic heterocycles. The van der Waals surface area contributed by atoms with Gasteiger partial charge in [-0.1, -0.05) is 25.2 Å². The van der Waals surface area contributed by atoms with Gasteiger partial charge >= 0.3 is 0 Å². The van der Waals surface area contributed by atoms with Gasteiger partial charge in [-0.3, -0.25) is 0 Å². The Kier molecular flexibility index (Phi) is 2.60. The van der Waals surface area contributed by atoms with Crippen molar-refractivity contribution in [3.05, 3.63) is 10.0 Å². The van der Waals surface area contributed by atoms with Crippen molar-refractivity contribution in [3.63, 3.8) is 0 Å². The molecule has 2 heterocycles. The molecule has 3 nitrogen and oxygen atoms in total. The minimum Gasteiger partial charge on any atom is -0.308 e. The maximum Gasteiger partial charge on any atom is 0.134 e. The van der Waals surface area contributed by atoms with Crippen molar-refractivity contribution in [1.29, 1.82) is 0 Å². The van der Waals surface area contributed by atoms with Gasteiger partial charge in [0.05, 0.1) is 6.04 Å². The van der Waals surface area contributed by atoms with Crippen LogP contribution in [0.25, 0.3) is 0 Å². The van der Waals surface area contributed by atoms with E-state index in [4.69, 9.17) is 0 Å². The highest BCUT2D eigenvalue weighted by molar-refractivity contribution is 7.11. The summed E-state index contributed by atoms with van der Waals surface area (Å²) in [6.45, 7) is 5.44. The summed E-state index contributed by atoms with van der Waals surface area (Å²) in [4.78, 5) is 0. The van der Waals surface area contributed by atoms with Crippen molar-refractivity contribution >= 4 is 11.3 Å². The third kappa shape index (κ3) is 1.89. The van der Waals surface area contributed by atoms with Gasteiger partial charge in [-0.25, -0.2) is 0 Å². The summed E-state index contributed by atoms with van der Waals surface area (Å²) in [6.07, 6.45) is 2.48. The molecule has 72 valence electrons. The van der Waals surface area contributed by atoms with E-state index < -0.39 is 0 Å². The average Bonchev–Trinajstić information content (AvgIpc) is 2.75. The van der Waals surface area contributed by atoms with Crippen LogP contribution in [-0.4, -0.2) is 16.7 Å². The monoisotopic (exact) mass is 197 g/mol. The fourth-order valence-corrected chi connectivity index (χ4v) is 2.47. The third-order valence-electron chi connectivity index (χ3n) is 2.31. The summed E-state index contributed by atoms with van der Waals surface area (Å²) in [6, 6.07) is 0.477. The zero-order valence-corrected chi connectivity index (χ0v) is 8.90. The lowest BCUT2D eigenvalue weighted by Crippen LogP contribution is -2.12. The van der Waals surface area contributed by atoms with Gasteiger partial charge in [0, 0.05) is 5.92 Å². The molecule has 0 aliphatic carbocycles. The van der Waals surface area contributed by atoms with Crippen LogP contribution in [0.3, 0.4) is 0 Å². The maximum absolute atomic E-state index is 4.23. The van der Waals surface area contributed by atoms with Crippen LogP contribution in [0, 0.1) is 0 Å². The van der Waals surface area contributed by atoms with E-state index >= 15 is 0 Å². The van der Waals surface area contributed by atoms with Gasteiger partial charge in [0.1, 0.15) is 10.0 Å². The Morgan fingerprint density at radius 2 is 2.31 bits per heavy atom. The SMILES string of the molecule is CC(C)c1nnc(C2CCCN2)s1. The van der Waals surface area contributed by atoms with Crippen LogP contribution in [0.15, 0.2) is 0 Å². The molecule has 13 heavy (non-hydrogen) atoms. The van der Waals surface area contributed by atoms with E-state index in [1.807, 2.05) is 0 Å². The lowest BCUT2D eigenvalue weighted by atomic mass is 10.2. The Morgan fingerprint density at radius 1 is 1.46 bits per heavy atom. The zero-order valence-electron chi connectivity index (χ0n) is 8.08. The van der Waals surface area contributed by atoms with Crippen LogP contribution in [0.5, 0.6) is 0 Å². The van der Waals surface area contributed by atoms with Gasteiger partial charge in [0.2, 0.25) is 0 Å². The summed E-state index contributed by atoms with van der Waals surface area (Å²) in [5.74, 6) is 0.507. The molecule has 0 saturated carbocycles. The van der Waals surface area contributed by atoms with Gasteiger partial charge in [-0.2, -0.15) is 0 Å². The molecular weight excluding hydrogens is 182 g/mol. The smallest absolute Gasteiger partial charge is 0.134 e. The average molecular weight is 197 g/mol. The first-order chi connectivity index (χ1) is 6.27. The molecule has 0 aromatic carbocycles. The minimum atomic E-state index is 0.477. The van der Waals surface area contributed by atoms with Gasteiger partial charge in [-0.15, -0.1) is 10.2 Å². The van der Waals surface area contributed by atoms with E-state index in [9.17, 15) is 0 Å². The van der Waals surface area contributed by atoms with Crippen LogP contribution in [-0.2, 0) is 0 Å². The predicted molar refractivity (Wildman–Crippen MR) is 54.0 cm³/mol. The number of nitrogens with zero attached hydrogens (tertiary/aromatic N) is 2. The molecule has 1 N–H and O–H groups in total. The third-order valence-corrected chi connectivity index (χ3v) is 3.65. The molecule has 1 fully saturated rings. The zero-order chi connectivity index (χ0) is 9.26. The fourth-order valence-electron chi connectivity index (χ4n) is 1.52. The molecule has 1 atom stereocenters. The van der Waals surface area contributed by atoms with Crippen LogP contribution in [0.2, 0.25) is 0 Å². The maximum atomic E-state index is 4.23. The van der Waals surface area contributed by atoms with Crippen LogP contribution >= 0.6 is 11.3 Å². The van der Waals surface area contributed by atoms with Crippen LogP contribution < -0.4 is 5.32 Å². The normalized spacial score (nSPS) is 22.8. The molecule has 1 saturated heterocycles. The highest BCUT2D eigenvalue weighted by atomic mass is 32.1. The van der Waals surface area contributed by atoms with Crippen LogP contribution in [0.4, 0.5) is 0 Å². The standard InChI is InChI=1S/C9H15N3S/c1-6(2)8-11-12-9(13-8)7-4-3-5-10-7/h6-7,10H,3-5H2,1-2H3. The Balaban J connectivity index is 2.12. The van der Waals surface area contributed by atoms with E-state index in [1.54, 1.807) is 11.3 Å². The Labute approximate surface area is 82.6 Å². The molecule has 1 aliphatic rings. The number of hydrogen-bond acceptors (Lipinski definition) is 4. The molecule has 1 aliphatic heterocycles. The lowest BCUT2D eigenvalue weighted by molar-refractivity contribution is 0.634. The molecule has 1 aromatic rings. The first kappa shape index (κ1) is 9.09. The molecule has 0 radical (unpaired) electrons. The summed E-state index contributed by atoms with van der Waals surface area (Å²) in [5.41, 5.74) is 0. The first-order valence-electron chi connectivity index (χ1n) is 4.84. The van der Waals surface area contributed by atoms with Crippen molar-refractivity contribution in [1.82, 2.24) is 15.5 Å². The molecule has 0 bridgehead atoms. The van der Waals surface area contributed by atoms with Gasteiger partial charge in [0.15, 0.2) is 0 Å². The van der Waals surface area contributed by atoms with Gasteiger partial charge in [0.25, 0.3) is 0 Å². The van der Waals surface area contributed by atoms with Crippen molar-refractivity contribution in [2.75, 3.05) is 6.54 Å². The number of nitrogens with one attached hydrogen (secondary N) is 1. The molecule has 2 rings (SSSR count). The van der Waals surface area contributed by atoms with Crippen LogP contribution in [0.1, 0.15) is 48.7 Å². The topological polar surface area (TPSA) is 37.8 Å². The van der Waals surface area contributed by atoms with Crippen molar-refractivity contribution < 1.29 is 0 Å². The minimum absolute atomic E-state index is 0.477. The lowest BCUT2D eigenvalue weighted by Gasteiger charge is -2.03. The second-order valence-electron chi connectivity index (χ2n) is 3.78. The van der Waals surface area contributed by atoms with Gasteiger partial charge < -0.3 is 5.32 Å². The largest absolute Gasteiger partial charge is 0.308 e. The van der Waals surface area contributed by atoms with E-state index in [-0.39, 0.29) is 0 Å². The van der Waals surface area contributed by atoms with E-state index in [2.05, 4.69) is 29.4 Å². The summed E-state index contributed by atoms with van der Waals surface area (Å²) < 4.78 is 0. The quantitative estimate of drug-likeness (QED) is 0.789. The predicted octanol–water partition coefficient (Wildman–Crippen LogP) is 2.09. The van der Waals surface area contributed by atoms with Crippen molar-refractivity contribution in [2.45, 2.75) is 38.6 Å². The highest BCUT2D eigenvalue weighted by Gasteiger charge is 2.20.